The van der Waals surface area contributed by atoms with Crippen LogP contribution in [0.5, 0.6) is 0 Å². The van der Waals surface area contributed by atoms with Crippen molar-refractivity contribution >= 4 is 11.8 Å². The van der Waals surface area contributed by atoms with Gasteiger partial charge in [-0.05, 0) is 24.3 Å². The van der Waals surface area contributed by atoms with E-state index in [4.69, 9.17) is 5.11 Å². The first-order chi connectivity index (χ1) is 9.56. The van der Waals surface area contributed by atoms with Crippen LogP contribution < -0.4 is 5.32 Å². The lowest BCUT2D eigenvalue weighted by atomic mass is 9.81. The Labute approximate surface area is 118 Å². The highest BCUT2D eigenvalue weighted by molar-refractivity contribution is 5.93. The Morgan fingerprint density at radius 3 is 2.80 bits per heavy atom. The van der Waals surface area contributed by atoms with Crippen molar-refractivity contribution < 1.29 is 14.3 Å². The van der Waals surface area contributed by atoms with Gasteiger partial charge in [0.05, 0.1) is 6.20 Å². The summed E-state index contributed by atoms with van der Waals surface area (Å²) in [6.45, 7) is 2.97. The molecule has 1 aromatic heterocycles. The van der Waals surface area contributed by atoms with Crippen molar-refractivity contribution in [3.05, 3.63) is 23.6 Å². The number of anilines is 1. The van der Waals surface area contributed by atoms with Crippen LogP contribution in [0.25, 0.3) is 0 Å². The minimum absolute atomic E-state index is 0.109. The van der Waals surface area contributed by atoms with E-state index in [0.717, 1.165) is 24.6 Å². The normalized spacial score (nSPS) is 22.5. The molecule has 1 heterocycles. The van der Waals surface area contributed by atoms with E-state index in [1.54, 1.807) is 0 Å². The number of rotatable bonds is 5. The Hall–Kier alpha value is -1.65. The van der Waals surface area contributed by atoms with Crippen molar-refractivity contribution in [2.45, 2.75) is 39.0 Å². The van der Waals surface area contributed by atoms with Gasteiger partial charge in [-0.25, -0.2) is 14.2 Å². The summed E-state index contributed by atoms with van der Waals surface area (Å²) in [6, 6.07) is 1.000. The Morgan fingerprint density at radius 1 is 1.45 bits per heavy atom. The number of pyridine rings is 1. The molecule has 0 unspecified atom stereocenters. The average Bonchev–Trinajstić information content (AvgIpc) is 2.42. The first-order valence-corrected chi connectivity index (χ1v) is 7.19. The number of hydrogen-bond donors (Lipinski definition) is 2. The number of aromatic nitrogens is 1. The summed E-state index contributed by atoms with van der Waals surface area (Å²) < 4.78 is 13.0. The molecule has 0 aromatic carbocycles. The zero-order valence-electron chi connectivity index (χ0n) is 11.7. The van der Waals surface area contributed by atoms with E-state index in [1.165, 1.54) is 25.7 Å². The Balaban J connectivity index is 1.86. The summed E-state index contributed by atoms with van der Waals surface area (Å²) >= 11 is 0. The molecule has 1 saturated carbocycles. The molecule has 0 amide bonds. The van der Waals surface area contributed by atoms with Gasteiger partial charge in [-0.3, -0.25) is 0 Å². The van der Waals surface area contributed by atoms with Crippen LogP contribution in [-0.4, -0.2) is 22.6 Å². The highest BCUT2D eigenvalue weighted by Gasteiger charge is 2.18. The molecule has 1 aromatic rings. The fraction of sp³-hybridized carbons (Fsp3) is 0.600. The minimum Gasteiger partial charge on any atom is -0.478 e. The molecular formula is C15H21FN2O2. The molecule has 5 heteroatoms. The first-order valence-electron chi connectivity index (χ1n) is 7.19. The molecule has 0 spiro atoms. The van der Waals surface area contributed by atoms with Gasteiger partial charge in [-0.15, -0.1) is 0 Å². The molecule has 0 atom stereocenters. The molecule has 0 aliphatic heterocycles. The summed E-state index contributed by atoms with van der Waals surface area (Å²) in [5.74, 6) is -0.00713. The predicted octanol–water partition coefficient (Wildman–Crippen LogP) is 3.55. The number of halogens is 1. The second-order valence-corrected chi connectivity index (χ2v) is 5.70. The van der Waals surface area contributed by atoms with E-state index >= 15 is 0 Å². The number of carboxylic acids is 1. The van der Waals surface area contributed by atoms with Gasteiger partial charge >= 0.3 is 5.97 Å². The quantitative estimate of drug-likeness (QED) is 0.866. The fourth-order valence-electron chi connectivity index (χ4n) is 2.76. The van der Waals surface area contributed by atoms with Gasteiger partial charge in [-0.2, -0.15) is 0 Å². The fourth-order valence-corrected chi connectivity index (χ4v) is 2.76. The van der Waals surface area contributed by atoms with Crippen LogP contribution in [0.1, 0.15) is 49.4 Å². The van der Waals surface area contributed by atoms with Gasteiger partial charge in [-0.1, -0.05) is 32.6 Å². The predicted molar refractivity (Wildman–Crippen MR) is 75.4 cm³/mol. The largest absolute Gasteiger partial charge is 0.478 e. The molecule has 2 N–H and O–H groups in total. The lowest BCUT2D eigenvalue weighted by Gasteiger charge is -2.26. The Bertz CT molecular complexity index is 471. The number of nitrogens with zero attached hydrogens (tertiary/aromatic N) is 1. The van der Waals surface area contributed by atoms with Crippen LogP contribution in [0.3, 0.4) is 0 Å². The summed E-state index contributed by atoms with van der Waals surface area (Å²) in [5, 5.41) is 12.0. The second-order valence-electron chi connectivity index (χ2n) is 5.70. The Morgan fingerprint density at radius 2 is 2.15 bits per heavy atom. The molecule has 0 bridgehead atoms. The van der Waals surface area contributed by atoms with E-state index in [-0.39, 0.29) is 11.4 Å². The third-order valence-corrected chi connectivity index (χ3v) is 4.07. The molecule has 0 saturated heterocycles. The zero-order valence-corrected chi connectivity index (χ0v) is 11.7. The molecule has 2 rings (SSSR count). The Kier molecular flexibility index (Phi) is 4.93. The molecule has 1 fully saturated rings. The van der Waals surface area contributed by atoms with Crippen LogP contribution in [-0.2, 0) is 0 Å². The average molecular weight is 280 g/mol. The van der Waals surface area contributed by atoms with Crippen molar-refractivity contribution in [2.75, 3.05) is 11.9 Å². The summed E-state index contributed by atoms with van der Waals surface area (Å²) in [5.41, 5.74) is -0.109. The molecular weight excluding hydrogens is 259 g/mol. The maximum Gasteiger partial charge on any atom is 0.339 e. The van der Waals surface area contributed by atoms with E-state index in [2.05, 4.69) is 17.2 Å². The van der Waals surface area contributed by atoms with E-state index in [9.17, 15) is 9.18 Å². The number of carboxylic acid groups (broad SMARTS) is 1. The van der Waals surface area contributed by atoms with Crippen LogP contribution >= 0.6 is 0 Å². The van der Waals surface area contributed by atoms with Crippen molar-refractivity contribution in [3.63, 3.8) is 0 Å². The standard InChI is InChI=1S/C15H21FN2O2/c1-10-2-4-11(5-3-10)6-7-17-14-13(15(19)20)8-12(16)9-18-14/h8-11H,2-7H2,1H3,(H,17,18)(H,19,20). The van der Waals surface area contributed by atoms with Crippen molar-refractivity contribution in [1.29, 1.82) is 0 Å². The monoisotopic (exact) mass is 280 g/mol. The van der Waals surface area contributed by atoms with Gasteiger partial charge < -0.3 is 10.4 Å². The maximum atomic E-state index is 13.0. The summed E-state index contributed by atoms with van der Waals surface area (Å²) in [6.07, 6.45) is 7.08. The maximum absolute atomic E-state index is 13.0. The number of nitrogens with one attached hydrogen (secondary N) is 1. The van der Waals surface area contributed by atoms with Crippen LogP contribution in [0.4, 0.5) is 10.2 Å². The molecule has 0 radical (unpaired) electrons. The van der Waals surface area contributed by atoms with Crippen LogP contribution in [0.2, 0.25) is 0 Å². The third-order valence-electron chi connectivity index (χ3n) is 4.07. The zero-order chi connectivity index (χ0) is 14.5. The second kappa shape index (κ2) is 6.68. The number of carbonyl (C=O) groups is 1. The van der Waals surface area contributed by atoms with Gasteiger partial charge in [0.15, 0.2) is 0 Å². The highest BCUT2D eigenvalue weighted by atomic mass is 19.1. The molecule has 1 aliphatic carbocycles. The topological polar surface area (TPSA) is 62.2 Å². The highest BCUT2D eigenvalue weighted by Crippen LogP contribution is 2.30. The smallest absolute Gasteiger partial charge is 0.339 e. The molecule has 4 nitrogen and oxygen atoms in total. The van der Waals surface area contributed by atoms with Gasteiger partial charge in [0, 0.05) is 6.54 Å². The van der Waals surface area contributed by atoms with Crippen molar-refractivity contribution in [2.24, 2.45) is 11.8 Å². The lowest BCUT2D eigenvalue weighted by molar-refractivity contribution is 0.0697. The first kappa shape index (κ1) is 14.8. The van der Waals surface area contributed by atoms with E-state index in [0.29, 0.717) is 12.5 Å². The SMILES string of the molecule is CC1CCC(CCNc2ncc(F)cc2C(=O)O)CC1. The molecule has 110 valence electrons. The number of hydrogen-bond acceptors (Lipinski definition) is 3. The summed E-state index contributed by atoms with van der Waals surface area (Å²) in [7, 11) is 0. The molecule has 1 aliphatic rings. The van der Waals surface area contributed by atoms with E-state index < -0.39 is 11.8 Å². The van der Waals surface area contributed by atoms with E-state index in [1.807, 2.05) is 0 Å². The van der Waals surface area contributed by atoms with Crippen LogP contribution in [0, 0.1) is 17.7 Å². The minimum atomic E-state index is -1.16. The van der Waals surface area contributed by atoms with Crippen molar-refractivity contribution in [3.8, 4) is 0 Å². The van der Waals surface area contributed by atoms with Crippen LogP contribution in [0.15, 0.2) is 12.3 Å². The number of aromatic carboxylic acids is 1. The lowest BCUT2D eigenvalue weighted by Crippen LogP contribution is -2.17. The molecule has 20 heavy (non-hydrogen) atoms. The van der Waals surface area contributed by atoms with Gasteiger partial charge in [0.2, 0.25) is 0 Å². The third kappa shape index (κ3) is 3.92. The van der Waals surface area contributed by atoms with Gasteiger partial charge in [0.25, 0.3) is 0 Å². The van der Waals surface area contributed by atoms with Crippen molar-refractivity contribution in [1.82, 2.24) is 4.98 Å². The summed E-state index contributed by atoms with van der Waals surface area (Å²) in [4.78, 5) is 14.9. The van der Waals surface area contributed by atoms with Gasteiger partial charge in [0.1, 0.15) is 17.2 Å².